The molecule has 7 nitrogen and oxygen atoms in total. The summed E-state index contributed by atoms with van der Waals surface area (Å²) in [6.07, 6.45) is -0.346. The summed E-state index contributed by atoms with van der Waals surface area (Å²) in [5, 5.41) is 15.3. The summed E-state index contributed by atoms with van der Waals surface area (Å²) in [7, 11) is 1.39. The van der Waals surface area contributed by atoms with Crippen molar-refractivity contribution in [2.45, 2.75) is 46.8 Å². The van der Waals surface area contributed by atoms with Crippen molar-refractivity contribution in [1.82, 2.24) is 10.6 Å². The first kappa shape index (κ1) is 20.9. The summed E-state index contributed by atoms with van der Waals surface area (Å²) >= 11 is 6.07. The summed E-state index contributed by atoms with van der Waals surface area (Å²) in [5.74, 6) is -0.622. The number of carbonyl (C=O) groups is 2. The molecule has 0 saturated carbocycles. The molecule has 1 aromatic carbocycles. The maximum absolute atomic E-state index is 12.9. The Morgan fingerprint density at radius 2 is 1.96 bits per heavy atom. The molecule has 1 heterocycles. The molecule has 3 N–H and O–H groups in total. The number of hydrogen-bond acceptors (Lipinski definition) is 5. The van der Waals surface area contributed by atoms with Gasteiger partial charge in [0.05, 0.1) is 23.7 Å². The topological polar surface area (TPSA) is 96.9 Å². The molecule has 0 saturated heterocycles. The van der Waals surface area contributed by atoms with E-state index < -0.39 is 18.0 Å². The van der Waals surface area contributed by atoms with E-state index in [2.05, 4.69) is 10.6 Å². The maximum Gasteiger partial charge on any atom is 0.338 e. The Morgan fingerprint density at radius 1 is 1.33 bits per heavy atom. The number of phenolic OH excluding ortho intramolecular Hbond substituents is 1. The Kier molecular flexibility index (Phi) is 5.94. The molecule has 0 aliphatic carbocycles. The first-order valence-corrected chi connectivity index (χ1v) is 8.89. The lowest BCUT2D eigenvalue weighted by Gasteiger charge is -2.32. The monoisotopic (exact) mass is 396 g/mol. The van der Waals surface area contributed by atoms with Gasteiger partial charge in [-0.15, -0.1) is 0 Å². The van der Waals surface area contributed by atoms with E-state index in [1.807, 2.05) is 27.7 Å². The number of rotatable bonds is 4. The van der Waals surface area contributed by atoms with Crippen LogP contribution in [0, 0.1) is 5.41 Å². The Balaban J connectivity index is 2.47. The summed E-state index contributed by atoms with van der Waals surface area (Å²) in [6, 6.07) is 1.74. The normalized spacial score (nSPS) is 18.5. The van der Waals surface area contributed by atoms with Gasteiger partial charge in [-0.3, -0.25) is 0 Å². The summed E-state index contributed by atoms with van der Waals surface area (Å²) < 4.78 is 10.7. The third-order valence-electron chi connectivity index (χ3n) is 4.60. The molecule has 0 fully saturated rings. The molecular formula is C19H25ClN2O5. The van der Waals surface area contributed by atoms with Gasteiger partial charge in [-0.25, -0.2) is 9.59 Å². The van der Waals surface area contributed by atoms with Crippen molar-refractivity contribution in [3.63, 3.8) is 0 Å². The molecule has 148 valence electrons. The van der Waals surface area contributed by atoms with Gasteiger partial charge in [0, 0.05) is 5.70 Å². The van der Waals surface area contributed by atoms with E-state index in [0.29, 0.717) is 11.3 Å². The molecule has 1 aliphatic heterocycles. The third kappa shape index (κ3) is 4.47. The lowest BCUT2D eigenvalue weighted by Crippen LogP contribution is -2.46. The minimum atomic E-state index is -0.801. The van der Waals surface area contributed by atoms with Crippen molar-refractivity contribution in [3.05, 3.63) is 34.0 Å². The van der Waals surface area contributed by atoms with Crippen molar-refractivity contribution in [1.29, 1.82) is 0 Å². The van der Waals surface area contributed by atoms with Gasteiger partial charge in [-0.1, -0.05) is 32.4 Å². The molecule has 0 bridgehead atoms. The number of halogens is 1. The second-order valence-corrected chi connectivity index (χ2v) is 7.94. The van der Waals surface area contributed by atoms with Gasteiger partial charge in [0.25, 0.3) is 0 Å². The predicted molar refractivity (Wildman–Crippen MR) is 102 cm³/mol. The average molecular weight is 397 g/mol. The van der Waals surface area contributed by atoms with E-state index in [0.717, 1.165) is 0 Å². The lowest BCUT2D eigenvalue weighted by atomic mass is 9.90. The highest BCUT2D eigenvalue weighted by Crippen LogP contribution is 2.39. The fourth-order valence-electron chi connectivity index (χ4n) is 2.53. The van der Waals surface area contributed by atoms with Crippen LogP contribution < -0.4 is 15.4 Å². The summed E-state index contributed by atoms with van der Waals surface area (Å²) in [5.41, 5.74) is 0.891. The molecule has 2 rings (SSSR count). The predicted octanol–water partition coefficient (Wildman–Crippen LogP) is 3.66. The van der Waals surface area contributed by atoms with Gasteiger partial charge in [0.15, 0.2) is 11.5 Å². The van der Waals surface area contributed by atoms with Crippen LogP contribution in [0.2, 0.25) is 5.02 Å². The molecule has 2 unspecified atom stereocenters. The minimum Gasteiger partial charge on any atom is -0.503 e. The number of allylic oxidation sites excluding steroid dienone is 1. The third-order valence-corrected chi connectivity index (χ3v) is 4.88. The van der Waals surface area contributed by atoms with Crippen LogP contribution in [0.4, 0.5) is 4.79 Å². The number of aromatic hydroxyl groups is 1. The fraction of sp³-hybridized carbons (Fsp3) is 0.474. The van der Waals surface area contributed by atoms with Crippen LogP contribution in [0.5, 0.6) is 11.5 Å². The number of phenols is 1. The second kappa shape index (κ2) is 7.68. The highest BCUT2D eigenvalue weighted by molar-refractivity contribution is 6.32. The molecule has 27 heavy (non-hydrogen) atoms. The standard InChI is InChI=1S/C19H25ClN2O5/c1-9-14(17(24)27-10(2)19(3,4)5)15(22-18(25)21-9)11-7-12(20)16(23)13(8-11)26-6/h7-8,10,15,23H,1-6H3,(H2,21,22,25). The largest absolute Gasteiger partial charge is 0.503 e. The van der Waals surface area contributed by atoms with Gasteiger partial charge in [-0.2, -0.15) is 0 Å². The van der Waals surface area contributed by atoms with Crippen molar-refractivity contribution in [3.8, 4) is 11.5 Å². The Labute approximate surface area is 163 Å². The molecule has 8 heteroatoms. The maximum atomic E-state index is 12.9. The Morgan fingerprint density at radius 3 is 2.52 bits per heavy atom. The van der Waals surface area contributed by atoms with Crippen LogP contribution >= 0.6 is 11.6 Å². The number of methoxy groups -OCH3 is 1. The van der Waals surface area contributed by atoms with Crippen molar-refractivity contribution in [2.75, 3.05) is 7.11 Å². The number of amides is 2. The van der Waals surface area contributed by atoms with Crippen LogP contribution in [-0.2, 0) is 9.53 Å². The molecule has 1 aromatic rings. The number of nitrogens with one attached hydrogen (secondary N) is 2. The van der Waals surface area contributed by atoms with Crippen LogP contribution in [-0.4, -0.2) is 30.3 Å². The van der Waals surface area contributed by atoms with Crippen LogP contribution in [0.1, 0.15) is 46.2 Å². The minimum absolute atomic E-state index is 0.0468. The molecule has 0 radical (unpaired) electrons. The van der Waals surface area contributed by atoms with Crippen molar-refractivity contribution >= 4 is 23.6 Å². The lowest BCUT2D eigenvalue weighted by molar-refractivity contribution is -0.149. The summed E-state index contributed by atoms with van der Waals surface area (Å²) in [4.78, 5) is 24.9. The van der Waals surface area contributed by atoms with E-state index in [4.69, 9.17) is 21.1 Å². The van der Waals surface area contributed by atoms with Gasteiger partial charge in [0.1, 0.15) is 6.10 Å². The number of ether oxygens (including phenoxy) is 2. The van der Waals surface area contributed by atoms with Crippen LogP contribution in [0.15, 0.2) is 23.4 Å². The first-order valence-electron chi connectivity index (χ1n) is 8.51. The molecular weight excluding hydrogens is 372 g/mol. The highest BCUT2D eigenvalue weighted by Gasteiger charge is 2.35. The van der Waals surface area contributed by atoms with Gasteiger partial charge in [0.2, 0.25) is 0 Å². The zero-order valence-electron chi connectivity index (χ0n) is 16.3. The van der Waals surface area contributed by atoms with Crippen molar-refractivity contribution < 1.29 is 24.2 Å². The molecule has 2 amide bonds. The number of esters is 1. The molecule has 2 atom stereocenters. The number of urea groups is 1. The zero-order chi connectivity index (χ0) is 20.5. The first-order chi connectivity index (χ1) is 12.5. The number of hydrogen-bond donors (Lipinski definition) is 3. The van der Waals surface area contributed by atoms with Crippen LogP contribution in [0.3, 0.4) is 0 Å². The molecule has 1 aliphatic rings. The van der Waals surface area contributed by atoms with E-state index in [1.165, 1.54) is 19.2 Å². The number of carbonyl (C=O) groups excluding carboxylic acids is 2. The number of benzene rings is 1. The SMILES string of the molecule is COc1cc(C2NC(=O)NC(C)=C2C(=O)OC(C)C(C)(C)C)cc(Cl)c1O. The second-order valence-electron chi connectivity index (χ2n) is 7.54. The smallest absolute Gasteiger partial charge is 0.338 e. The van der Waals surface area contributed by atoms with Gasteiger partial charge < -0.3 is 25.2 Å². The molecule has 0 aromatic heterocycles. The van der Waals surface area contributed by atoms with Crippen molar-refractivity contribution in [2.24, 2.45) is 5.41 Å². The van der Waals surface area contributed by atoms with E-state index in [9.17, 15) is 14.7 Å². The van der Waals surface area contributed by atoms with Gasteiger partial charge >= 0.3 is 12.0 Å². The van der Waals surface area contributed by atoms with E-state index in [-0.39, 0.29) is 33.6 Å². The highest BCUT2D eigenvalue weighted by atomic mass is 35.5. The van der Waals surface area contributed by atoms with Gasteiger partial charge in [-0.05, 0) is 37.0 Å². The molecule has 0 spiro atoms. The zero-order valence-corrected chi connectivity index (χ0v) is 17.0. The fourth-order valence-corrected chi connectivity index (χ4v) is 2.75. The Bertz CT molecular complexity index is 798. The quantitative estimate of drug-likeness (QED) is 0.675. The summed E-state index contributed by atoms with van der Waals surface area (Å²) in [6.45, 7) is 9.35. The van der Waals surface area contributed by atoms with Crippen LogP contribution in [0.25, 0.3) is 0 Å². The Hall–Kier alpha value is -2.41. The van der Waals surface area contributed by atoms with E-state index >= 15 is 0 Å². The van der Waals surface area contributed by atoms with E-state index in [1.54, 1.807) is 6.92 Å². The average Bonchev–Trinajstić information content (AvgIpc) is 2.55.